The third kappa shape index (κ3) is 4.09. The van der Waals surface area contributed by atoms with Crippen LogP contribution in [0.15, 0.2) is 18.2 Å². The molecule has 1 heterocycles. The Bertz CT molecular complexity index is 446. The first-order valence-corrected chi connectivity index (χ1v) is 7.40. The Morgan fingerprint density at radius 1 is 1.38 bits per heavy atom. The highest BCUT2D eigenvalue weighted by Gasteiger charge is 2.23. The van der Waals surface area contributed by atoms with E-state index in [4.69, 9.17) is 14.2 Å². The lowest BCUT2D eigenvalue weighted by molar-refractivity contribution is 0.0762. The molecule has 21 heavy (non-hydrogen) atoms. The van der Waals surface area contributed by atoms with Gasteiger partial charge in [0.25, 0.3) is 0 Å². The van der Waals surface area contributed by atoms with Crippen molar-refractivity contribution in [1.29, 1.82) is 0 Å². The lowest BCUT2D eigenvalue weighted by Crippen LogP contribution is -2.39. The van der Waals surface area contributed by atoms with Crippen molar-refractivity contribution in [1.82, 2.24) is 5.32 Å². The number of methoxy groups -OCH3 is 2. The van der Waals surface area contributed by atoms with Gasteiger partial charge in [0, 0.05) is 24.8 Å². The zero-order valence-corrected chi connectivity index (χ0v) is 13.0. The molecule has 1 aliphatic rings. The van der Waals surface area contributed by atoms with E-state index in [1.165, 1.54) is 0 Å². The van der Waals surface area contributed by atoms with Gasteiger partial charge in [-0.2, -0.15) is 0 Å². The summed E-state index contributed by atoms with van der Waals surface area (Å²) in [6, 6.07) is 5.65. The first kappa shape index (κ1) is 16.1. The summed E-state index contributed by atoms with van der Waals surface area (Å²) in [7, 11) is 3.20. The van der Waals surface area contributed by atoms with Crippen molar-refractivity contribution >= 4 is 0 Å². The van der Waals surface area contributed by atoms with Gasteiger partial charge in [-0.05, 0) is 38.0 Å². The summed E-state index contributed by atoms with van der Waals surface area (Å²) in [5, 5.41) is 13.7. The van der Waals surface area contributed by atoms with E-state index in [1.54, 1.807) is 20.3 Å². The number of aliphatic hydroxyl groups is 1. The zero-order chi connectivity index (χ0) is 15.2. The average Bonchev–Trinajstić information content (AvgIpc) is 3.06. The van der Waals surface area contributed by atoms with Crippen molar-refractivity contribution < 1.29 is 19.3 Å². The quantitative estimate of drug-likeness (QED) is 0.804. The van der Waals surface area contributed by atoms with E-state index >= 15 is 0 Å². The molecule has 5 nitrogen and oxygen atoms in total. The van der Waals surface area contributed by atoms with Crippen molar-refractivity contribution in [2.45, 2.75) is 38.0 Å². The van der Waals surface area contributed by atoms with Crippen molar-refractivity contribution in [3.63, 3.8) is 0 Å². The van der Waals surface area contributed by atoms with Crippen LogP contribution in [0.3, 0.4) is 0 Å². The van der Waals surface area contributed by atoms with Gasteiger partial charge in [0.2, 0.25) is 0 Å². The summed E-state index contributed by atoms with van der Waals surface area (Å²) >= 11 is 0. The zero-order valence-electron chi connectivity index (χ0n) is 13.0. The predicted octanol–water partition coefficient (Wildman–Crippen LogP) is 1.89. The second-order valence-corrected chi connectivity index (χ2v) is 5.37. The van der Waals surface area contributed by atoms with E-state index in [0.717, 1.165) is 25.0 Å². The minimum absolute atomic E-state index is 0.221. The van der Waals surface area contributed by atoms with E-state index in [2.05, 4.69) is 12.2 Å². The lowest BCUT2D eigenvalue weighted by atomic mass is 10.1. The number of hydrogen-bond donors (Lipinski definition) is 2. The van der Waals surface area contributed by atoms with Gasteiger partial charge in [-0.15, -0.1) is 0 Å². The molecule has 1 fully saturated rings. The Balaban J connectivity index is 1.97. The molecule has 1 aliphatic heterocycles. The van der Waals surface area contributed by atoms with Gasteiger partial charge in [0.05, 0.1) is 26.4 Å². The first-order chi connectivity index (χ1) is 10.2. The predicted molar refractivity (Wildman–Crippen MR) is 80.9 cm³/mol. The highest BCUT2D eigenvalue weighted by Crippen LogP contribution is 2.29. The van der Waals surface area contributed by atoms with Gasteiger partial charge >= 0.3 is 0 Å². The van der Waals surface area contributed by atoms with Crippen LogP contribution in [0.5, 0.6) is 11.5 Å². The van der Waals surface area contributed by atoms with E-state index in [0.29, 0.717) is 18.0 Å². The molecule has 0 saturated carbocycles. The Kier molecular flexibility index (Phi) is 5.85. The van der Waals surface area contributed by atoms with Crippen LogP contribution in [0.25, 0.3) is 0 Å². The second-order valence-electron chi connectivity index (χ2n) is 5.37. The van der Waals surface area contributed by atoms with Crippen LogP contribution >= 0.6 is 0 Å². The summed E-state index contributed by atoms with van der Waals surface area (Å²) in [6.07, 6.45) is 1.78. The molecule has 1 saturated heterocycles. The van der Waals surface area contributed by atoms with Crippen molar-refractivity contribution in [2.24, 2.45) is 0 Å². The Morgan fingerprint density at radius 3 is 2.81 bits per heavy atom. The van der Waals surface area contributed by atoms with Gasteiger partial charge in [-0.25, -0.2) is 0 Å². The summed E-state index contributed by atoms with van der Waals surface area (Å²) in [4.78, 5) is 0. The monoisotopic (exact) mass is 295 g/mol. The molecular weight excluding hydrogens is 270 g/mol. The van der Waals surface area contributed by atoms with Crippen LogP contribution in [-0.4, -0.2) is 44.6 Å². The summed E-state index contributed by atoms with van der Waals surface area (Å²) < 4.78 is 16.2. The van der Waals surface area contributed by atoms with Gasteiger partial charge in [0.1, 0.15) is 11.5 Å². The highest BCUT2D eigenvalue weighted by atomic mass is 16.5. The van der Waals surface area contributed by atoms with Gasteiger partial charge in [-0.1, -0.05) is 0 Å². The molecule has 3 atom stereocenters. The van der Waals surface area contributed by atoms with E-state index in [1.807, 2.05) is 12.1 Å². The van der Waals surface area contributed by atoms with Crippen molar-refractivity contribution in [3.05, 3.63) is 23.8 Å². The third-order valence-electron chi connectivity index (χ3n) is 3.95. The fraction of sp³-hybridized carbons (Fsp3) is 0.625. The summed E-state index contributed by atoms with van der Waals surface area (Å²) in [6.45, 7) is 3.37. The van der Waals surface area contributed by atoms with E-state index in [-0.39, 0.29) is 12.1 Å². The van der Waals surface area contributed by atoms with Crippen LogP contribution in [0.4, 0.5) is 0 Å². The number of benzene rings is 1. The molecule has 0 amide bonds. The summed E-state index contributed by atoms with van der Waals surface area (Å²) in [5.41, 5.74) is 0.726. The molecule has 0 aliphatic carbocycles. The van der Waals surface area contributed by atoms with Crippen molar-refractivity contribution in [2.75, 3.05) is 27.4 Å². The van der Waals surface area contributed by atoms with Gasteiger partial charge in [-0.3, -0.25) is 0 Å². The smallest absolute Gasteiger partial charge is 0.124 e. The molecular formula is C16H25NO4. The maximum Gasteiger partial charge on any atom is 0.124 e. The standard InChI is InChI=1S/C16H25NO4/c1-11(15-5-4-8-21-15)17-10-14(18)13-9-12(19-2)6-7-16(13)20-3/h6-7,9,11,14-15,17-18H,4-5,8,10H2,1-3H3. The number of nitrogens with one attached hydrogen (secondary N) is 1. The maximum atomic E-state index is 10.4. The second kappa shape index (κ2) is 7.64. The SMILES string of the molecule is COc1ccc(OC)c(C(O)CNC(C)C2CCCO2)c1. The topological polar surface area (TPSA) is 60.0 Å². The molecule has 0 spiro atoms. The van der Waals surface area contributed by atoms with Gasteiger partial charge in [0.15, 0.2) is 0 Å². The molecule has 1 aromatic rings. The molecule has 0 aromatic heterocycles. The molecule has 1 aromatic carbocycles. The molecule has 0 radical (unpaired) electrons. The maximum absolute atomic E-state index is 10.4. The number of ether oxygens (including phenoxy) is 3. The average molecular weight is 295 g/mol. The first-order valence-electron chi connectivity index (χ1n) is 7.40. The fourth-order valence-electron chi connectivity index (χ4n) is 2.64. The molecule has 0 bridgehead atoms. The molecule has 3 unspecified atom stereocenters. The molecule has 2 N–H and O–H groups in total. The van der Waals surface area contributed by atoms with Crippen LogP contribution in [0, 0.1) is 0 Å². The Morgan fingerprint density at radius 2 is 2.19 bits per heavy atom. The van der Waals surface area contributed by atoms with E-state index < -0.39 is 6.10 Å². The molecule has 5 heteroatoms. The normalized spacial score (nSPS) is 21.0. The third-order valence-corrected chi connectivity index (χ3v) is 3.95. The van der Waals surface area contributed by atoms with Crippen LogP contribution < -0.4 is 14.8 Å². The molecule has 2 rings (SSSR count). The summed E-state index contributed by atoms with van der Waals surface area (Å²) in [5.74, 6) is 1.37. The van der Waals surface area contributed by atoms with E-state index in [9.17, 15) is 5.11 Å². The number of rotatable bonds is 7. The largest absolute Gasteiger partial charge is 0.497 e. The minimum atomic E-state index is -0.654. The highest BCUT2D eigenvalue weighted by molar-refractivity contribution is 5.41. The number of aliphatic hydroxyl groups excluding tert-OH is 1. The molecule has 118 valence electrons. The number of hydrogen-bond acceptors (Lipinski definition) is 5. The van der Waals surface area contributed by atoms with Crippen LogP contribution in [0.1, 0.15) is 31.4 Å². The fourth-order valence-corrected chi connectivity index (χ4v) is 2.64. The lowest BCUT2D eigenvalue weighted by Gasteiger charge is -2.23. The van der Waals surface area contributed by atoms with Gasteiger partial charge < -0.3 is 24.6 Å². The minimum Gasteiger partial charge on any atom is -0.497 e. The Hall–Kier alpha value is -1.30. The Labute approximate surface area is 126 Å². The van der Waals surface area contributed by atoms with Crippen molar-refractivity contribution in [3.8, 4) is 11.5 Å². The van der Waals surface area contributed by atoms with Crippen LogP contribution in [-0.2, 0) is 4.74 Å². The van der Waals surface area contributed by atoms with Crippen LogP contribution in [0.2, 0.25) is 0 Å².